The van der Waals surface area contributed by atoms with Crippen molar-refractivity contribution in [1.82, 2.24) is 4.98 Å². The number of H-pyrrole nitrogens is 1. The average Bonchev–Trinajstić information content (AvgIpc) is 2.86. The third-order valence-corrected chi connectivity index (χ3v) is 3.42. The van der Waals surface area contributed by atoms with Gasteiger partial charge in [0.1, 0.15) is 5.82 Å². The molecule has 0 saturated heterocycles. The van der Waals surface area contributed by atoms with Crippen molar-refractivity contribution >= 4 is 23.0 Å². The fraction of sp³-hybridized carbons (Fsp3) is 0.118. The first-order valence-electron chi connectivity index (χ1n) is 6.72. The Morgan fingerprint density at radius 1 is 1.00 bits per heavy atom. The van der Waals surface area contributed by atoms with Gasteiger partial charge in [-0.3, -0.25) is 4.79 Å². The van der Waals surface area contributed by atoms with Gasteiger partial charge in [0.25, 0.3) is 0 Å². The molecule has 0 amide bonds. The number of aromatic nitrogens is 1. The van der Waals surface area contributed by atoms with E-state index in [0.717, 1.165) is 36.0 Å². The second-order valence-electron chi connectivity index (χ2n) is 4.74. The summed E-state index contributed by atoms with van der Waals surface area (Å²) in [4.78, 5) is 14.5. The Morgan fingerprint density at radius 3 is 2.55 bits per heavy atom. The number of carbonyl (C=O) groups excluding carboxylic acids is 1. The summed E-state index contributed by atoms with van der Waals surface area (Å²) in [6.07, 6.45) is 1.83. The molecule has 0 aliphatic heterocycles. The molecule has 0 aliphatic rings. The predicted molar refractivity (Wildman–Crippen MR) is 82.3 cm³/mol. The van der Waals surface area contributed by atoms with E-state index in [2.05, 4.69) is 22.4 Å². The van der Waals surface area contributed by atoms with E-state index in [1.165, 1.54) is 5.56 Å². The van der Waals surface area contributed by atoms with Crippen LogP contribution in [0.15, 0.2) is 54.6 Å². The summed E-state index contributed by atoms with van der Waals surface area (Å²) >= 11 is 0. The Hall–Kier alpha value is -2.55. The van der Waals surface area contributed by atoms with E-state index in [-0.39, 0.29) is 0 Å². The molecular weight excluding hydrogens is 248 g/mol. The minimum absolute atomic E-state index is 0.702. The molecule has 3 heteroatoms. The first-order chi connectivity index (χ1) is 9.88. The monoisotopic (exact) mass is 264 g/mol. The van der Waals surface area contributed by atoms with Crippen molar-refractivity contribution in [2.45, 2.75) is 6.42 Å². The van der Waals surface area contributed by atoms with Crippen molar-refractivity contribution in [3.63, 3.8) is 0 Å². The van der Waals surface area contributed by atoms with Gasteiger partial charge >= 0.3 is 0 Å². The van der Waals surface area contributed by atoms with E-state index < -0.39 is 0 Å². The Balaban J connectivity index is 1.76. The zero-order valence-corrected chi connectivity index (χ0v) is 11.1. The van der Waals surface area contributed by atoms with Crippen LogP contribution in [0, 0.1) is 0 Å². The van der Waals surface area contributed by atoms with Crippen molar-refractivity contribution in [2.24, 2.45) is 0 Å². The maximum Gasteiger partial charge on any atom is 0.154 e. The number of para-hydroxylation sites is 1. The third kappa shape index (κ3) is 2.43. The van der Waals surface area contributed by atoms with Gasteiger partial charge in [0.05, 0.1) is 5.56 Å². The van der Waals surface area contributed by atoms with E-state index in [1.807, 2.05) is 42.5 Å². The molecule has 1 heterocycles. The average molecular weight is 264 g/mol. The molecule has 2 N–H and O–H groups in total. The van der Waals surface area contributed by atoms with E-state index in [9.17, 15) is 4.79 Å². The predicted octanol–water partition coefficient (Wildman–Crippen LogP) is 3.64. The smallest absolute Gasteiger partial charge is 0.154 e. The molecule has 0 spiro atoms. The summed E-state index contributed by atoms with van der Waals surface area (Å²) < 4.78 is 0. The summed E-state index contributed by atoms with van der Waals surface area (Å²) in [6.45, 7) is 0.789. The maximum atomic E-state index is 11.3. The highest BCUT2D eigenvalue weighted by molar-refractivity contribution is 6.03. The number of nitrogens with one attached hydrogen (secondary N) is 2. The number of carbonyl (C=O) groups is 1. The SMILES string of the molecule is O=Cc1c(NCCc2ccccc2)[nH]c2ccccc12. The van der Waals surface area contributed by atoms with Crippen molar-refractivity contribution in [1.29, 1.82) is 0 Å². The van der Waals surface area contributed by atoms with Gasteiger partial charge in [-0.15, -0.1) is 0 Å². The molecule has 0 bridgehead atoms. The third-order valence-electron chi connectivity index (χ3n) is 3.42. The number of anilines is 1. The van der Waals surface area contributed by atoms with Crippen LogP contribution in [0.3, 0.4) is 0 Å². The number of hydrogen-bond acceptors (Lipinski definition) is 2. The van der Waals surface area contributed by atoms with Crippen molar-refractivity contribution < 1.29 is 4.79 Å². The molecule has 0 saturated carbocycles. The highest BCUT2D eigenvalue weighted by atomic mass is 16.1. The zero-order chi connectivity index (χ0) is 13.8. The van der Waals surface area contributed by atoms with Crippen LogP contribution in [0.2, 0.25) is 0 Å². The fourth-order valence-corrected chi connectivity index (χ4v) is 2.40. The molecule has 3 nitrogen and oxygen atoms in total. The Kier molecular flexibility index (Phi) is 3.50. The van der Waals surface area contributed by atoms with Crippen LogP contribution in [0.5, 0.6) is 0 Å². The van der Waals surface area contributed by atoms with Gasteiger partial charge in [-0.2, -0.15) is 0 Å². The Bertz CT molecular complexity index is 716. The molecule has 2 aromatic carbocycles. The second-order valence-corrected chi connectivity index (χ2v) is 4.74. The van der Waals surface area contributed by atoms with Crippen molar-refractivity contribution in [2.75, 3.05) is 11.9 Å². The largest absolute Gasteiger partial charge is 0.371 e. The number of fused-ring (bicyclic) bond motifs is 1. The lowest BCUT2D eigenvalue weighted by Crippen LogP contribution is -2.06. The highest BCUT2D eigenvalue weighted by Gasteiger charge is 2.09. The molecule has 0 fully saturated rings. The lowest BCUT2D eigenvalue weighted by atomic mass is 10.1. The van der Waals surface area contributed by atoms with Crippen LogP contribution in [0.1, 0.15) is 15.9 Å². The fourth-order valence-electron chi connectivity index (χ4n) is 2.40. The van der Waals surface area contributed by atoms with Gasteiger partial charge in [0.2, 0.25) is 0 Å². The summed E-state index contributed by atoms with van der Waals surface area (Å²) in [6, 6.07) is 18.1. The van der Waals surface area contributed by atoms with Gasteiger partial charge in [-0.1, -0.05) is 48.5 Å². The Labute approximate surface area is 117 Å². The van der Waals surface area contributed by atoms with Gasteiger partial charge in [0, 0.05) is 17.4 Å². The molecular formula is C17H16N2O. The number of aromatic amines is 1. The van der Waals surface area contributed by atoms with Crippen LogP contribution >= 0.6 is 0 Å². The molecule has 1 aromatic heterocycles. The zero-order valence-electron chi connectivity index (χ0n) is 11.1. The van der Waals surface area contributed by atoms with Crippen LogP contribution < -0.4 is 5.32 Å². The summed E-state index contributed by atoms with van der Waals surface area (Å²) in [7, 11) is 0. The molecule has 100 valence electrons. The minimum Gasteiger partial charge on any atom is -0.371 e. The molecule has 3 aromatic rings. The first-order valence-corrected chi connectivity index (χ1v) is 6.72. The molecule has 0 aliphatic carbocycles. The van der Waals surface area contributed by atoms with Crippen molar-refractivity contribution in [3.8, 4) is 0 Å². The molecule has 0 unspecified atom stereocenters. The second kappa shape index (κ2) is 5.61. The standard InChI is InChI=1S/C17H16N2O/c20-12-15-14-8-4-5-9-16(14)19-17(15)18-11-10-13-6-2-1-3-7-13/h1-9,12,18-19H,10-11H2. The van der Waals surface area contributed by atoms with Crippen LogP contribution in [-0.4, -0.2) is 17.8 Å². The van der Waals surface area contributed by atoms with Gasteiger partial charge in [-0.05, 0) is 18.1 Å². The lowest BCUT2D eigenvalue weighted by molar-refractivity contribution is 0.112. The van der Waals surface area contributed by atoms with Gasteiger partial charge in [0.15, 0.2) is 6.29 Å². The summed E-state index contributed by atoms with van der Waals surface area (Å²) in [5.74, 6) is 0.803. The normalized spacial score (nSPS) is 10.6. The number of benzene rings is 2. The van der Waals surface area contributed by atoms with E-state index in [1.54, 1.807) is 0 Å². The van der Waals surface area contributed by atoms with Crippen LogP contribution in [0.4, 0.5) is 5.82 Å². The first kappa shape index (κ1) is 12.5. The quantitative estimate of drug-likeness (QED) is 0.691. The van der Waals surface area contributed by atoms with Crippen molar-refractivity contribution in [3.05, 3.63) is 65.7 Å². The molecule has 20 heavy (non-hydrogen) atoms. The topological polar surface area (TPSA) is 44.9 Å². The highest BCUT2D eigenvalue weighted by Crippen LogP contribution is 2.24. The number of hydrogen-bond donors (Lipinski definition) is 2. The summed E-state index contributed by atoms with van der Waals surface area (Å²) in [5.41, 5.74) is 2.97. The molecule has 3 rings (SSSR count). The molecule has 0 radical (unpaired) electrons. The van der Waals surface area contributed by atoms with E-state index in [0.29, 0.717) is 5.56 Å². The maximum absolute atomic E-state index is 11.3. The van der Waals surface area contributed by atoms with Gasteiger partial charge in [-0.25, -0.2) is 0 Å². The lowest BCUT2D eigenvalue weighted by Gasteiger charge is -2.05. The van der Waals surface area contributed by atoms with Crippen LogP contribution in [0.25, 0.3) is 10.9 Å². The minimum atomic E-state index is 0.702. The van der Waals surface area contributed by atoms with Crippen LogP contribution in [-0.2, 0) is 6.42 Å². The number of aldehydes is 1. The molecule has 0 atom stereocenters. The van der Waals surface area contributed by atoms with Gasteiger partial charge < -0.3 is 10.3 Å². The number of rotatable bonds is 5. The van der Waals surface area contributed by atoms with E-state index >= 15 is 0 Å². The van der Waals surface area contributed by atoms with E-state index in [4.69, 9.17) is 0 Å². The summed E-state index contributed by atoms with van der Waals surface area (Å²) in [5, 5.41) is 4.28. The Morgan fingerprint density at radius 2 is 1.75 bits per heavy atom.